The summed E-state index contributed by atoms with van der Waals surface area (Å²) in [7, 11) is 0. The number of carbonyl (C=O) groups excluding carboxylic acids is 1. The summed E-state index contributed by atoms with van der Waals surface area (Å²) in [4.78, 5) is 17.2. The Bertz CT molecular complexity index is 983. The van der Waals surface area contributed by atoms with E-state index in [2.05, 4.69) is 52.8 Å². The van der Waals surface area contributed by atoms with Gasteiger partial charge in [0.1, 0.15) is 0 Å². The lowest BCUT2D eigenvalue weighted by molar-refractivity contribution is -0.121. The highest BCUT2D eigenvalue weighted by molar-refractivity contribution is 5.80. The minimum atomic E-state index is -0.192. The molecule has 1 atom stereocenters. The summed E-state index contributed by atoms with van der Waals surface area (Å²) < 4.78 is 0. The standard InChI is InChI=1S/C26H26N2O/c29-25(17-16-21-14-8-13-20-9-4-5-15-24(20)21)28-26(22-10-2-1-3-11-22)23-12-6-7-18-27-19-23/h1-6,9-12,14-15,18-19,26H,7-8,13,16-17H2,(H,28,29). The smallest absolute Gasteiger partial charge is 0.221 e. The van der Waals surface area contributed by atoms with Gasteiger partial charge in [-0.05, 0) is 47.1 Å². The average molecular weight is 383 g/mol. The number of fused-ring (bicyclic) bond motifs is 1. The van der Waals surface area contributed by atoms with E-state index in [-0.39, 0.29) is 11.9 Å². The van der Waals surface area contributed by atoms with Gasteiger partial charge in [-0.25, -0.2) is 0 Å². The van der Waals surface area contributed by atoms with Gasteiger partial charge in [-0.3, -0.25) is 9.79 Å². The van der Waals surface area contributed by atoms with Gasteiger partial charge < -0.3 is 5.32 Å². The van der Waals surface area contributed by atoms with Crippen molar-refractivity contribution in [1.82, 2.24) is 5.32 Å². The van der Waals surface area contributed by atoms with E-state index in [1.54, 1.807) is 0 Å². The molecule has 0 saturated carbocycles. The maximum absolute atomic E-state index is 12.9. The number of aliphatic imine (C=N–C) groups is 1. The number of hydrogen-bond donors (Lipinski definition) is 1. The molecule has 1 N–H and O–H groups in total. The van der Waals surface area contributed by atoms with Gasteiger partial charge >= 0.3 is 0 Å². The van der Waals surface area contributed by atoms with Gasteiger partial charge in [-0.2, -0.15) is 0 Å². The first-order valence-electron chi connectivity index (χ1n) is 10.3. The van der Waals surface area contributed by atoms with E-state index in [4.69, 9.17) is 0 Å². The lowest BCUT2D eigenvalue weighted by atomic mass is 9.88. The number of nitrogens with zero attached hydrogens (tertiary/aromatic N) is 1. The van der Waals surface area contributed by atoms with Crippen molar-refractivity contribution < 1.29 is 4.79 Å². The monoisotopic (exact) mass is 382 g/mol. The summed E-state index contributed by atoms with van der Waals surface area (Å²) in [5, 5.41) is 3.23. The fourth-order valence-electron chi connectivity index (χ4n) is 3.96. The van der Waals surface area contributed by atoms with E-state index < -0.39 is 0 Å². The minimum absolute atomic E-state index is 0.0605. The van der Waals surface area contributed by atoms with E-state index in [1.807, 2.05) is 42.7 Å². The summed E-state index contributed by atoms with van der Waals surface area (Å²) in [6.07, 6.45) is 14.3. The third-order valence-corrected chi connectivity index (χ3v) is 5.44. The number of rotatable bonds is 6. The Morgan fingerprint density at radius 1 is 1.07 bits per heavy atom. The highest BCUT2D eigenvalue weighted by Crippen LogP contribution is 2.30. The molecule has 1 aliphatic carbocycles. The maximum atomic E-state index is 12.9. The van der Waals surface area contributed by atoms with E-state index >= 15 is 0 Å². The summed E-state index contributed by atoms with van der Waals surface area (Å²) in [5.74, 6) is 0.0605. The maximum Gasteiger partial charge on any atom is 0.221 e. The van der Waals surface area contributed by atoms with Crippen molar-refractivity contribution in [1.29, 1.82) is 0 Å². The number of amides is 1. The van der Waals surface area contributed by atoms with E-state index in [0.29, 0.717) is 6.42 Å². The van der Waals surface area contributed by atoms with Crippen LogP contribution in [0.5, 0.6) is 0 Å². The molecule has 0 spiro atoms. The number of aryl methyl sites for hydroxylation is 1. The topological polar surface area (TPSA) is 41.5 Å². The predicted molar refractivity (Wildman–Crippen MR) is 120 cm³/mol. The molecule has 3 heteroatoms. The highest BCUT2D eigenvalue weighted by atomic mass is 16.1. The second-order valence-corrected chi connectivity index (χ2v) is 7.44. The third kappa shape index (κ3) is 4.80. The first kappa shape index (κ1) is 19.1. The molecule has 0 bridgehead atoms. The van der Waals surface area contributed by atoms with Crippen LogP contribution in [-0.2, 0) is 11.2 Å². The summed E-state index contributed by atoms with van der Waals surface area (Å²) in [6.45, 7) is 0. The molecule has 0 radical (unpaired) electrons. The molecule has 1 heterocycles. The lowest BCUT2D eigenvalue weighted by Crippen LogP contribution is -2.29. The van der Waals surface area contributed by atoms with Crippen LogP contribution in [0.2, 0.25) is 0 Å². The van der Waals surface area contributed by atoms with Crippen LogP contribution < -0.4 is 5.32 Å². The normalized spacial score (nSPS) is 16.3. The first-order valence-corrected chi connectivity index (χ1v) is 10.3. The van der Waals surface area contributed by atoms with Crippen molar-refractivity contribution in [2.75, 3.05) is 0 Å². The second-order valence-electron chi connectivity index (χ2n) is 7.44. The largest absolute Gasteiger partial charge is 0.345 e. The van der Waals surface area contributed by atoms with Gasteiger partial charge in [0.25, 0.3) is 0 Å². The fourth-order valence-corrected chi connectivity index (χ4v) is 3.96. The molecule has 146 valence electrons. The Hall–Kier alpha value is -3.20. The van der Waals surface area contributed by atoms with E-state index in [9.17, 15) is 4.79 Å². The Balaban J connectivity index is 1.47. The number of hydrogen-bond acceptors (Lipinski definition) is 2. The van der Waals surface area contributed by atoms with Gasteiger partial charge in [0, 0.05) is 25.3 Å². The van der Waals surface area contributed by atoms with Crippen LogP contribution in [0.1, 0.15) is 48.4 Å². The van der Waals surface area contributed by atoms with Crippen molar-refractivity contribution >= 4 is 17.7 Å². The average Bonchev–Trinajstić information content (AvgIpc) is 3.06. The van der Waals surface area contributed by atoms with Crippen molar-refractivity contribution in [3.05, 3.63) is 101 Å². The Morgan fingerprint density at radius 3 is 2.79 bits per heavy atom. The van der Waals surface area contributed by atoms with Gasteiger partial charge in [0.2, 0.25) is 5.91 Å². The molecule has 1 aliphatic heterocycles. The molecule has 2 aromatic rings. The zero-order chi connectivity index (χ0) is 19.9. The van der Waals surface area contributed by atoms with Crippen LogP contribution in [0, 0.1) is 0 Å². The van der Waals surface area contributed by atoms with Crippen LogP contribution in [0.3, 0.4) is 0 Å². The summed E-state index contributed by atoms with van der Waals surface area (Å²) >= 11 is 0. The molecule has 29 heavy (non-hydrogen) atoms. The summed E-state index contributed by atoms with van der Waals surface area (Å²) in [6, 6.07) is 18.4. The minimum Gasteiger partial charge on any atom is -0.345 e. The number of allylic oxidation sites excluding steroid dienone is 3. The molecular formula is C26H26N2O. The molecule has 3 nitrogen and oxygen atoms in total. The van der Waals surface area contributed by atoms with Crippen LogP contribution in [-0.4, -0.2) is 12.1 Å². The zero-order valence-corrected chi connectivity index (χ0v) is 16.6. The SMILES string of the molecule is O=C(CCC1=CCCc2ccccc21)NC(C1=CN=CCC=C1)c1ccccc1. The highest BCUT2D eigenvalue weighted by Gasteiger charge is 2.19. The van der Waals surface area contributed by atoms with Gasteiger partial charge in [-0.1, -0.05) is 72.8 Å². The Labute approximate surface area is 172 Å². The number of nitrogens with one attached hydrogen (secondary N) is 1. The van der Waals surface area contributed by atoms with Crippen LogP contribution >= 0.6 is 0 Å². The Kier molecular flexibility index (Phi) is 6.16. The molecule has 2 aromatic carbocycles. The van der Waals surface area contributed by atoms with Crippen LogP contribution in [0.4, 0.5) is 0 Å². The molecular weight excluding hydrogens is 356 g/mol. The van der Waals surface area contributed by atoms with Crippen molar-refractivity contribution in [3.63, 3.8) is 0 Å². The van der Waals surface area contributed by atoms with Gasteiger partial charge in [0.15, 0.2) is 0 Å². The van der Waals surface area contributed by atoms with Crippen LogP contribution in [0.25, 0.3) is 5.57 Å². The predicted octanol–water partition coefficient (Wildman–Crippen LogP) is 5.57. The molecule has 0 aromatic heterocycles. The molecule has 1 unspecified atom stereocenters. The first-order chi connectivity index (χ1) is 14.3. The van der Waals surface area contributed by atoms with Gasteiger partial charge in [0.05, 0.1) is 6.04 Å². The fraction of sp³-hybridized carbons (Fsp3) is 0.231. The van der Waals surface area contributed by atoms with Gasteiger partial charge in [-0.15, -0.1) is 0 Å². The van der Waals surface area contributed by atoms with Crippen molar-refractivity contribution in [2.24, 2.45) is 4.99 Å². The number of benzene rings is 2. The van der Waals surface area contributed by atoms with E-state index in [0.717, 1.165) is 36.8 Å². The molecule has 0 saturated heterocycles. The van der Waals surface area contributed by atoms with E-state index in [1.165, 1.54) is 16.7 Å². The molecule has 4 rings (SSSR count). The summed E-state index contributed by atoms with van der Waals surface area (Å²) in [5.41, 5.74) is 6.04. The Morgan fingerprint density at radius 2 is 1.90 bits per heavy atom. The third-order valence-electron chi connectivity index (χ3n) is 5.44. The molecule has 1 amide bonds. The second kappa shape index (κ2) is 9.33. The zero-order valence-electron chi connectivity index (χ0n) is 16.6. The molecule has 2 aliphatic rings. The lowest BCUT2D eigenvalue weighted by Gasteiger charge is -2.21. The van der Waals surface area contributed by atoms with Crippen LogP contribution in [0.15, 0.2) is 89.6 Å². The molecule has 0 fully saturated rings. The number of carbonyl (C=O) groups is 1. The quantitative estimate of drug-likeness (QED) is 0.697. The van der Waals surface area contributed by atoms with Crippen molar-refractivity contribution in [2.45, 2.75) is 38.1 Å². The van der Waals surface area contributed by atoms with Crippen molar-refractivity contribution in [3.8, 4) is 0 Å².